The second kappa shape index (κ2) is 7.31. The SMILES string of the molecule is Cc1cccc(NC(=O)N2CCCC(c3nc(C4(N)CCCC4)no3)C2)c1. The van der Waals surface area contributed by atoms with Crippen molar-refractivity contribution in [1.29, 1.82) is 0 Å². The summed E-state index contributed by atoms with van der Waals surface area (Å²) in [5, 5.41) is 7.14. The topological polar surface area (TPSA) is 97.3 Å². The molecule has 4 rings (SSSR count). The second-order valence-corrected chi connectivity index (χ2v) is 7.90. The van der Waals surface area contributed by atoms with Crippen LogP contribution in [0.25, 0.3) is 0 Å². The molecule has 3 N–H and O–H groups in total. The molecule has 144 valence electrons. The maximum Gasteiger partial charge on any atom is 0.321 e. The number of carbonyl (C=O) groups is 1. The number of nitrogens with one attached hydrogen (secondary N) is 1. The molecule has 1 saturated carbocycles. The zero-order chi connectivity index (χ0) is 18.9. The highest BCUT2D eigenvalue weighted by molar-refractivity contribution is 5.89. The van der Waals surface area contributed by atoms with Crippen molar-refractivity contribution in [2.75, 3.05) is 18.4 Å². The number of nitrogens with zero attached hydrogens (tertiary/aromatic N) is 3. The van der Waals surface area contributed by atoms with Gasteiger partial charge in [-0.3, -0.25) is 0 Å². The molecule has 1 aliphatic carbocycles. The minimum Gasteiger partial charge on any atom is -0.339 e. The van der Waals surface area contributed by atoms with Gasteiger partial charge in [-0.05, 0) is 50.3 Å². The molecule has 2 aromatic rings. The smallest absolute Gasteiger partial charge is 0.321 e. The summed E-state index contributed by atoms with van der Waals surface area (Å²) in [4.78, 5) is 19.1. The molecule has 2 amide bonds. The number of carbonyl (C=O) groups excluding carboxylic acids is 1. The van der Waals surface area contributed by atoms with E-state index in [2.05, 4.69) is 15.5 Å². The van der Waals surface area contributed by atoms with E-state index in [-0.39, 0.29) is 11.9 Å². The number of aromatic nitrogens is 2. The summed E-state index contributed by atoms with van der Waals surface area (Å²) in [6, 6.07) is 7.73. The van der Waals surface area contributed by atoms with Gasteiger partial charge in [-0.2, -0.15) is 4.98 Å². The first-order valence-corrected chi connectivity index (χ1v) is 9.79. The molecule has 7 heteroatoms. The van der Waals surface area contributed by atoms with Crippen LogP contribution in [0.4, 0.5) is 10.5 Å². The third-order valence-corrected chi connectivity index (χ3v) is 5.71. The summed E-state index contributed by atoms with van der Waals surface area (Å²) in [6.07, 6.45) is 5.88. The van der Waals surface area contributed by atoms with Gasteiger partial charge in [0.15, 0.2) is 5.82 Å². The van der Waals surface area contributed by atoms with Crippen molar-refractivity contribution in [1.82, 2.24) is 15.0 Å². The third kappa shape index (κ3) is 3.83. The first-order chi connectivity index (χ1) is 13.0. The van der Waals surface area contributed by atoms with Gasteiger partial charge in [0.2, 0.25) is 5.89 Å². The maximum atomic E-state index is 12.6. The normalized spacial score (nSPS) is 22.0. The van der Waals surface area contributed by atoms with E-state index >= 15 is 0 Å². The van der Waals surface area contributed by atoms with Crippen molar-refractivity contribution < 1.29 is 9.32 Å². The molecule has 1 aliphatic heterocycles. The van der Waals surface area contributed by atoms with Gasteiger partial charge in [0, 0.05) is 18.8 Å². The van der Waals surface area contributed by atoms with Gasteiger partial charge >= 0.3 is 6.03 Å². The fourth-order valence-electron chi connectivity index (χ4n) is 4.12. The monoisotopic (exact) mass is 369 g/mol. The Morgan fingerprint density at radius 3 is 2.93 bits per heavy atom. The molecular weight excluding hydrogens is 342 g/mol. The molecule has 2 fully saturated rings. The summed E-state index contributed by atoms with van der Waals surface area (Å²) < 4.78 is 5.54. The lowest BCUT2D eigenvalue weighted by Gasteiger charge is -2.31. The third-order valence-electron chi connectivity index (χ3n) is 5.71. The molecule has 1 atom stereocenters. The molecule has 1 unspecified atom stereocenters. The summed E-state index contributed by atoms with van der Waals surface area (Å²) in [7, 11) is 0. The molecular formula is C20H27N5O2. The van der Waals surface area contributed by atoms with Crippen LogP contribution < -0.4 is 11.1 Å². The Kier molecular flexibility index (Phi) is 4.86. The number of urea groups is 1. The van der Waals surface area contributed by atoms with Crippen LogP contribution in [-0.4, -0.2) is 34.2 Å². The Bertz CT molecular complexity index is 812. The minimum absolute atomic E-state index is 0.0632. The van der Waals surface area contributed by atoms with E-state index < -0.39 is 5.54 Å². The standard InChI is InChI=1S/C20H27N5O2/c1-14-6-4-8-16(12-14)22-19(26)25-11-5-7-15(13-25)17-23-18(24-27-17)20(21)9-2-3-10-20/h4,6,8,12,15H,2-3,5,7,9-11,13,21H2,1H3,(H,22,26). The lowest BCUT2D eigenvalue weighted by atomic mass is 9.97. The predicted molar refractivity (Wildman–Crippen MR) is 102 cm³/mol. The fourth-order valence-corrected chi connectivity index (χ4v) is 4.12. The number of amides is 2. The molecule has 0 spiro atoms. The number of rotatable bonds is 3. The molecule has 7 nitrogen and oxygen atoms in total. The molecule has 0 bridgehead atoms. The van der Waals surface area contributed by atoms with Crippen LogP contribution in [0.5, 0.6) is 0 Å². The van der Waals surface area contributed by atoms with Gasteiger partial charge in [-0.25, -0.2) is 4.79 Å². The number of piperidine rings is 1. The quantitative estimate of drug-likeness (QED) is 0.863. The van der Waals surface area contributed by atoms with Crippen molar-refractivity contribution in [3.8, 4) is 0 Å². The Morgan fingerprint density at radius 1 is 1.33 bits per heavy atom. The van der Waals surface area contributed by atoms with Crippen molar-refractivity contribution in [2.24, 2.45) is 5.73 Å². The Hall–Kier alpha value is -2.41. The first-order valence-electron chi connectivity index (χ1n) is 9.79. The molecule has 2 aliphatic rings. The van der Waals surface area contributed by atoms with Gasteiger partial charge in [0.1, 0.15) is 0 Å². The lowest BCUT2D eigenvalue weighted by Crippen LogP contribution is -2.41. The van der Waals surface area contributed by atoms with Gasteiger partial charge < -0.3 is 20.5 Å². The Labute approximate surface area is 159 Å². The average Bonchev–Trinajstić information content (AvgIpc) is 3.32. The van der Waals surface area contributed by atoms with Crippen LogP contribution in [0, 0.1) is 6.92 Å². The number of hydrogen-bond donors (Lipinski definition) is 2. The van der Waals surface area contributed by atoms with Crippen LogP contribution in [-0.2, 0) is 5.54 Å². The number of anilines is 1. The summed E-state index contributed by atoms with van der Waals surface area (Å²) in [5.74, 6) is 1.29. The number of hydrogen-bond acceptors (Lipinski definition) is 5. The van der Waals surface area contributed by atoms with Gasteiger partial charge in [0.05, 0.1) is 11.5 Å². The van der Waals surface area contributed by atoms with Gasteiger partial charge in [0.25, 0.3) is 0 Å². The number of benzene rings is 1. The van der Waals surface area contributed by atoms with E-state index in [9.17, 15) is 4.79 Å². The highest BCUT2D eigenvalue weighted by Gasteiger charge is 2.37. The predicted octanol–water partition coefficient (Wildman–Crippen LogP) is 3.52. The zero-order valence-electron chi connectivity index (χ0n) is 15.8. The average molecular weight is 369 g/mol. The largest absolute Gasteiger partial charge is 0.339 e. The lowest BCUT2D eigenvalue weighted by molar-refractivity contribution is 0.184. The van der Waals surface area contributed by atoms with E-state index in [1.54, 1.807) is 0 Å². The summed E-state index contributed by atoms with van der Waals surface area (Å²) in [5.41, 5.74) is 7.92. The fraction of sp³-hybridized carbons (Fsp3) is 0.550. The van der Waals surface area contributed by atoms with Gasteiger partial charge in [-0.1, -0.05) is 30.1 Å². The van der Waals surface area contributed by atoms with Crippen molar-refractivity contribution in [3.63, 3.8) is 0 Å². The first kappa shape index (κ1) is 18.0. The summed E-state index contributed by atoms with van der Waals surface area (Å²) in [6.45, 7) is 3.32. The molecule has 0 radical (unpaired) electrons. The highest BCUT2D eigenvalue weighted by Crippen LogP contribution is 2.36. The van der Waals surface area contributed by atoms with E-state index in [0.717, 1.165) is 56.3 Å². The number of aryl methyl sites for hydroxylation is 1. The Morgan fingerprint density at radius 2 is 2.15 bits per heavy atom. The maximum absolute atomic E-state index is 12.6. The van der Waals surface area contributed by atoms with Crippen LogP contribution in [0.1, 0.15) is 61.7 Å². The zero-order valence-corrected chi connectivity index (χ0v) is 15.8. The molecule has 1 aromatic heterocycles. The molecule has 2 heterocycles. The van der Waals surface area contributed by atoms with E-state index in [1.807, 2.05) is 36.1 Å². The van der Waals surface area contributed by atoms with Crippen LogP contribution in [0.2, 0.25) is 0 Å². The van der Waals surface area contributed by atoms with Crippen LogP contribution >= 0.6 is 0 Å². The van der Waals surface area contributed by atoms with E-state index in [1.165, 1.54) is 0 Å². The minimum atomic E-state index is -0.446. The van der Waals surface area contributed by atoms with Crippen molar-refractivity contribution >= 4 is 11.7 Å². The molecule has 27 heavy (non-hydrogen) atoms. The van der Waals surface area contributed by atoms with E-state index in [0.29, 0.717) is 18.3 Å². The highest BCUT2D eigenvalue weighted by atomic mass is 16.5. The second-order valence-electron chi connectivity index (χ2n) is 7.90. The van der Waals surface area contributed by atoms with Gasteiger partial charge in [-0.15, -0.1) is 0 Å². The van der Waals surface area contributed by atoms with Crippen molar-refractivity contribution in [3.05, 3.63) is 41.5 Å². The molecule has 1 saturated heterocycles. The number of likely N-dealkylation sites (tertiary alicyclic amines) is 1. The van der Waals surface area contributed by atoms with E-state index in [4.69, 9.17) is 10.3 Å². The van der Waals surface area contributed by atoms with Crippen molar-refractivity contribution in [2.45, 2.75) is 56.9 Å². The van der Waals surface area contributed by atoms with Crippen LogP contribution in [0.15, 0.2) is 28.8 Å². The number of nitrogens with two attached hydrogens (primary N) is 1. The van der Waals surface area contributed by atoms with Crippen LogP contribution in [0.3, 0.4) is 0 Å². The Balaban J connectivity index is 1.42. The summed E-state index contributed by atoms with van der Waals surface area (Å²) >= 11 is 0. The molecule has 1 aromatic carbocycles.